The molecule has 114 valence electrons. The fraction of sp³-hybridized carbons (Fsp3) is 0.385. The Bertz CT molecular complexity index is 604. The Kier molecular flexibility index (Phi) is 5.08. The van der Waals surface area contributed by atoms with E-state index in [1.54, 1.807) is 13.0 Å². The average molecular weight is 317 g/mol. The molecule has 5 nitrogen and oxygen atoms in total. The van der Waals surface area contributed by atoms with Crippen molar-refractivity contribution in [3.63, 3.8) is 0 Å². The molecule has 0 aliphatic heterocycles. The van der Waals surface area contributed by atoms with E-state index in [0.717, 1.165) is 0 Å². The molecular weight excluding hydrogens is 302 g/mol. The lowest BCUT2D eigenvalue weighted by Gasteiger charge is -2.11. The van der Waals surface area contributed by atoms with Crippen molar-refractivity contribution in [3.8, 4) is 11.3 Å². The minimum atomic E-state index is -2.69. The van der Waals surface area contributed by atoms with Crippen molar-refractivity contribution in [2.45, 2.75) is 26.0 Å². The molecule has 2 aromatic rings. The van der Waals surface area contributed by atoms with E-state index in [0.29, 0.717) is 34.6 Å². The van der Waals surface area contributed by atoms with E-state index in [-0.39, 0.29) is 5.15 Å². The minimum absolute atomic E-state index is 0.284. The number of nitrogens with zero attached hydrogens (tertiary/aromatic N) is 3. The molecule has 0 unspecified atom stereocenters. The molecule has 0 saturated carbocycles. The second-order valence-corrected chi connectivity index (χ2v) is 4.96. The van der Waals surface area contributed by atoms with Gasteiger partial charge in [0.05, 0.1) is 11.8 Å². The predicted octanol–water partition coefficient (Wildman–Crippen LogP) is 3.18. The zero-order valence-corrected chi connectivity index (χ0v) is 12.1. The fourth-order valence-corrected chi connectivity index (χ4v) is 1.94. The van der Waals surface area contributed by atoms with E-state index >= 15 is 0 Å². The van der Waals surface area contributed by atoms with Crippen LogP contribution in [0.25, 0.3) is 11.3 Å². The highest BCUT2D eigenvalue weighted by Crippen LogP contribution is 2.28. The molecule has 0 aliphatic rings. The highest BCUT2D eigenvalue weighted by molar-refractivity contribution is 6.29. The number of rotatable bonds is 6. The summed E-state index contributed by atoms with van der Waals surface area (Å²) in [6, 6.07) is 3.08. The molecule has 0 radical (unpaired) electrons. The zero-order valence-electron chi connectivity index (χ0n) is 11.3. The molecule has 0 fully saturated rings. The van der Waals surface area contributed by atoms with Crippen LogP contribution in [-0.2, 0) is 0 Å². The maximum atomic E-state index is 12.6. The van der Waals surface area contributed by atoms with E-state index < -0.39 is 12.7 Å². The minimum Gasteiger partial charge on any atom is -0.393 e. The summed E-state index contributed by atoms with van der Waals surface area (Å²) >= 11 is 5.86. The van der Waals surface area contributed by atoms with Crippen molar-refractivity contribution < 1.29 is 13.9 Å². The first-order valence-corrected chi connectivity index (χ1v) is 6.76. The summed E-state index contributed by atoms with van der Waals surface area (Å²) in [7, 11) is 0. The molecule has 2 rings (SSSR count). The molecule has 0 saturated heterocycles. The molecule has 2 aromatic heterocycles. The number of hydrogen-bond acceptors (Lipinski definition) is 4. The molecule has 0 aromatic carbocycles. The lowest BCUT2D eigenvalue weighted by molar-refractivity contribution is 0.0568. The van der Waals surface area contributed by atoms with Crippen LogP contribution in [0.5, 0.6) is 0 Å². The van der Waals surface area contributed by atoms with Gasteiger partial charge in [-0.25, -0.2) is 9.67 Å². The van der Waals surface area contributed by atoms with Crippen LogP contribution < -0.4 is 5.32 Å². The number of aromatic nitrogens is 3. The van der Waals surface area contributed by atoms with Crippen LogP contribution in [-0.4, -0.2) is 32.5 Å². The van der Waals surface area contributed by atoms with Gasteiger partial charge in [0, 0.05) is 30.2 Å². The SMILES string of the molecule is C[C@H](O)CCNc1cc(Cl)ncc1-c1ccn(C(F)F)n1. The lowest BCUT2D eigenvalue weighted by Crippen LogP contribution is -2.10. The number of pyridine rings is 1. The highest BCUT2D eigenvalue weighted by atomic mass is 35.5. The van der Waals surface area contributed by atoms with E-state index in [9.17, 15) is 13.9 Å². The number of aliphatic hydroxyl groups excluding tert-OH is 1. The maximum Gasteiger partial charge on any atom is 0.333 e. The first-order valence-electron chi connectivity index (χ1n) is 6.38. The quantitative estimate of drug-likeness (QED) is 0.803. The van der Waals surface area contributed by atoms with Gasteiger partial charge in [0.25, 0.3) is 0 Å². The van der Waals surface area contributed by atoms with E-state index in [4.69, 9.17) is 11.6 Å². The molecule has 8 heteroatoms. The summed E-state index contributed by atoms with van der Waals surface area (Å²) in [6.07, 6.45) is 2.79. The number of nitrogens with one attached hydrogen (secondary N) is 1. The number of hydrogen-bond donors (Lipinski definition) is 2. The Balaban J connectivity index is 2.24. The normalized spacial score (nSPS) is 12.7. The van der Waals surface area contributed by atoms with Crippen LogP contribution in [0.15, 0.2) is 24.5 Å². The van der Waals surface area contributed by atoms with Crippen LogP contribution in [0, 0.1) is 0 Å². The highest BCUT2D eigenvalue weighted by Gasteiger charge is 2.13. The maximum absolute atomic E-state index is 12.6. The van der Waals surface area contributed by atoms with E-state index in [1.165, 1.54) is 18.5 Å². The predicted molar refractivity (Wildman–Crippen MR) is 76.5 cm³/mol. The molecular formula is C13H15ClF2N4O. The Labute approximate surface area is 125 Å². The third-order valence-corrected chi connectivity index (χ3v) is 3.04. The second kappa shape index (κ2) is 6.82. The monoisotopic (exact) mass is 316 g/mol. The first kappa shape index (κ1) is 15.7. The van der Waals surface area contributed by atoms with Crippen molar-refractivity contribution in [3.05, 3.63) is 29.7 Å². The molecule has 0 bridgehead atoms. The molecule has 0 amide bonds. The van der Waals surface area contributed by atoms with Crippen LogP contribution >= 0.6 is 11.6 Å². The number of anilines is 1. The van der Waals surface area contributed by atoms with Gasteiger partial charge in [0.2, 0.25) is 0 Å². The Morgan fingerprint density at radius 1 is 1.48 bits per heavy atom. The third kappa shape index (κ3) is 4.12. The van der Waals surface area contributed by atoms with Crippen LogP contribution in [0.1, 0.15) is 19.9 Å². The fourth-order valence-electron chi connectivity index (χ4n) is 1.79. The summed E-state index contributed by atoms with van der Waals surface area (Å²) < 4.78 is 25.7. The van der Waals surface area contributed by atoms with Gasteiger partial charge in [0.1, 0.15) is 5.15 Å². The van der Waals surface area contributed by atoms with Gasteiger partial charge in [-0.15, -0.1) is 0 Å². The Morgan fingerprint density at radius 2 is 2.24 bits per heavy atom. The standard InChI is InChI=1S/C13H15ClF2N4O/c1-8(21)2-4-17-11-6-12(14)18-7-9(11)10-3-5-20(19-10)13(15)16/h3,5-8,13,21H,2,4H2,1H3,(H,17,18)/t8-/m0/s1. The van der Waals surface area contributed by atoms with Crippen molar-refractivity contribution in [1.29, 1.82) is 0 Å². The topological polar surface area (TPSA) is 63.0 Å². The van der Waals surface area contributed by atoms with Crippen molar-refractivity contribution >= 4 is 17.3 Å². The van der Waals surface area contributed by atoms with Gasteiger partial charge in [-0.1, -0.05) is 11.6 Å². The molecule has 21 heavy (non-hydrogen) atoms. The Hall–Kier alpha value is -1.73. The average Bonchev–Trinajstić information content (AvgIpc) is 2.88. The van der Waals surface area contributed by atoms with Gasteiger partial charge < -0.3 is 10.4 Å². The molecule has 2 heterocycles. The largest absolute Gasteiger partial charge is 0.393 e. The summed E-state index contributed by atoms with van der Waals surface area (Å²) in [5.74, 6) is 0. The summed E-state index contributed by atoms with van der Waals surface area (Å²) in [6.45, 7) is -0.488. The van der Waals surface area contributed by atoms with E-state index in [1.807, 2.05) is 0 Å². The number of halogens is 3. The lowest BCUT2D eigenvalue weighted by atomic mass is 10.1. The van der Waals surface area contributed by atoms with Crippen LogP contribution in [0.2, 0.25) is 5.15 Å². The second-order valence-electron chi connectivity index (χ2n) is 4.58. The summed E-state index contributed by atoms with van der Waals surface area (Å²) in [5.41, 5.74) is 1.58. The van der Waals surface area contributed by atoms with Gasteiger partial charge in [-0.3, -0.25) is 0 Å². The van der Waals surface area contributed by atoms with Crippen molar-refractivity contribution in [1.82, 2.24) is 14.8 Å². The molecule has 0 aliphatic carbocycles. The Morgan fingerprint density at radius 3 is 2.86 bits per heavy atom. The van der Waals surface area contributed by atoms with E-state index in [2.05, 4.69) is 15.4 Å². The molecule has 0 spiro atoms. The molecule has 1 atom stereocenters. The van der Waals surface area contributed by atoms with Gasteiger partial charge in [-0.05, 0) is 25.5 Å². The zero-order chi connectivity index (χ0) is 15.4. The third-order valence-electron chi connectivity index (χ3n) is 2.83. The van der Waals surface area contributed by atoms with Crippen molar-refractivity contribution in [2.75, 3.05) is 11.9 Å². The van der Waals surface area contributed by atoms with Crippen molar-refractivity contribution in [2.24, 2.45) is 0 Å². The number of alkyl halides is 2. The first-order chi connectivity index (χ1) is 9.97. The van der Waals surface area contributed by atoms with Gasteiger partial charge in [0.15, 0.2) is 0 Å². The summed E-state index contributed by atoms with van der Waals surface area (Å²) in [5, 5.41) is 16.5. The van der Waals surface area contributed by atoms with Crippen LogP contribution in [0.3, 0.4) is 0 Å². The molecule has 2 N–H and O–H groups in total. The number of aliphatic hydroxyl groups is 1. The van der Waals surface area contributed by atoms with Gasteiger partial charge in [-0.2, -0.15) is 13.9 Å². The van der Waals surface area contributed by atoms with Gasteiger partial charge >= 0.3 is 6.55 Å². The van der Waals surface area contributed by atoms with Crippen LogP contribution in [0.4, 0.5) is 14.5 Å². The smallest absolute Gasteiger partial charge is 0.333 e. The summed E-state index contributed by atoms with van der Waals surface area (Å²) in [4.78, 5) is 3.95.